The number of sulfonamides is 1. The number of rotatable bonds is 10. The summed E-state index contributed by atoms with van der Waals surface area (Å²) in [5.74, 6) is 6.09. The Morgan fingerprint density at radius 3 is 2.70 bits per heavy atom. The summed E-state index contributed by atoms with van der Waals surface area (Å²) in [6, 6.07) is 13.4. The lowest BCUT2D eigenvalue weighted by molar-refractivity contribution is -0.139. The monoisotopic (exact) mass is 639 g/mol. The maximum atomic E-state index is 12.5. The van der Waals surface area contributed by atoms with Gasteiger partial charge in [-0.05, 0) is 36.2 Å². The first kappa shape index (κ1) is 32.2. The first-order valence-corrected chi connectivity index (χ1v) is 17.0. The zero-order chi connectivity index (χ0) is 31.1. The topological polar surface area (TPSA) is 106 Å². The summed E-state index contributed by atoms with van der Waals surface area (Å²) in [6.07, 6.45) is 2.81. The smallest absolute Gasteiger partial charge is 0.319 e. The Balaban J connectivity index is 1.39. The van der Waals surface area contributed by atoms with Crippen molar-refractivity contribution in [3.8, 4) is 23.1 Å². The van der Waals surface area contributed by atoms with Gasteiger partial charge in [0.15, 0.2) is 0 Å². The number of carbonyl (C=O) groups excluding carboxylic acids is 1. The molecule has 44 heavy (non-hydrogen) atoms. The number of nitrogens with one attached hydrogen (secondary N) is 1. The van der Waals surface area contributed by atoms with Gasteiger partial charge in [-0.15, -0.1) is 0 Å². The van der Waals surface area contributed by atoms with Crippen LogP contribution in [0, 0.1) is 11.8 Å². The van der Waals surface area contributed by atoms with E-state index in [1.165, 1.54) is 17.7 Å². The number of benzene rings is 2. The van der Waals surface area contributed by atoms with Crippen molar-refractivity contribution in [3.05, 3.63) is 75.4 Å². The Morgan fingerprint density at radius 2 is 1.93 bits per heavy atom. The number of hydrogen-bond donors (Lipinski definition) is 1. The molecular weight excluding hydrogens is 602 g/mol. The summed E-state index contributed by atoms with van der Waals surface area (Å²) in [6.45, 7) is 6.50. The number of carbonyl (C=O) groups is 1. The van der Waals surface area contributed by atoms with Crippen molar-refractivity contribution in [2.24, 2.45) is 0 Å². The molecule has 234 valence electrons. The van der Waals surface area contributed by atoms with E-state index in [4.69, 9.17) is 21.4 Å². The normalized spacial score (nSPS) is 15.8. The van der Waals surface area contributed by atoms with Crippen LogP contribution in [-0.4, -0.2) is 92.7 Å². The van der Waals surface area contributed by atoms with Crippen molar-refractivity contribution in [1.29, 1.82) is 0 Å². The molecule has 0 aliphatic carbocycles. The quantitative estimate of drug-likeness (QED) is 0.267. The van der Waals surface area contributed by atoms with Crippen LogP contribution in [0.5, 0.6) is 0 Å². The van der Waals surface area contributed by atoms with Gasteiger partial charge in [0, 0.05) is 80.2 Å². The van der Waals surface area contributed by atoms with Gasteiger partial charge in [0.25, 0.3) is 0 Å². The van der Waals surface area contributed by atoms with Crippen LogP contribution in [-0.2, 0) is 50.3 Å². The number of methoxy groups -OCH3 is 1. The van der Waals surface area contributed by atoms with Crippen LogP contribution < -0.4 is 5.32 Å². The van der Waals surface area contributed by atoms with E-state index >= 15 is 0 Å². The van der Waals surface area contributed by atoms with E-state index in [1.807, 2.05) is 42.5 Å². The molecule has 2 aliphatic heterocycles. The van der Waals surface area contributed by atoms with Crippen LogP contribution in [0.2, 0.25) is 5.02 Å². The van der Waals surface area contributed by atoms with Gasteiger partial charge in [0.1, 0.15) is 0 Å². The maximum Gasteiger partial charge on any atom is 0.319 e. The number of aromatic nitrogens is 2. The maximum absolute atomic E-state index is 12.5. The second-order valence-electron chi connectivity index (χ2n) is 11.0. The van der Waals surface area contributed by atoms with E-state index in [1.54, 1.807) is 0 Å². The highest BCUT2D eigenvalue weighted by Crippen LogP contribution is 2.33. The van der Waals surface area contributed by atoms with Gasteiger partial charge in [0.2, 0.25) is 10.0 Å². The number of ether oxygens (including phenoxy) is 2. The van der Waals surface area contributed by atoms with Crippen LogP contribution in [0.15, 0.2) is 42.5 Å². The molecule has 1 saturated heterocycles. The minimum atomic E-state index is -3.35. The van der Waals surface area contributed by atoms with E-state index in [-0.39, 0.29) is 19.1 Å². The second-order valence-corrected chi connectivity index (χ2v) is 13.4. The van der Waals surface area contributed by atoms with E-state index in [2.05, 4.69) is 31.5 Å². The Kier molecular flexibility index (Phi) is 10.7. The summed E-state index contributed by atoms with van der Waals surface area (Å²) in [7, 11) is -1.99. The van der Waals surface area contributed by atoms with Crippen molar-refractivity contribution in [3.63, 3.8) is 0 Å². The van der Waals surface area contributed by atoms with E-state index < -0.39 is 10.0 Å². The zero-order valence-corrected chi connectivity index (χ0v) is 26.7. The lowest BCUT2D eigenvalue weighted by Crippen LogP contribution is -2.37. The average Bonchev–Trinajstić information content (AvgIpc) is 3.38. The molecule has 2 aliphatic rings. The summed E-state index contributed by atoms with van der Waals surface area (Å²) >= 11 is 6.58. The molecule has 12 heteroatoms. The van der Waals surface area contributed by atoms with Gasteiger partial charge in [-0.2, -0.15) is 9.40 Å². The van der Waals surface area contributed by atoms with Crippen LogP contribution in [0.4, 0.5) is 0 Å². The van der Waals surface area contributed by atoms with Gasteiger partial charge in [-0.3, -0.25) is 14.4 Å². The minimum absolute atomic E-state index is 0.129. The highest BCUT2D eigenvalue weighted by atomic mass is 35.5. The predicted molar refractivity (Wildman–Crippen MR) is 170 cm³/mol. The lowest BCUT2D eigenvalue weighted by atomic mass is 10.0. The van der Waals surface area contributed by atoms with Crippen LogP contribution in [0.1, 0.15) is 34.4 Å². The number of halogens is 1. The van der Waals surface area contributed by atoms with Crippen molar-refractivity contribution >= 4 is 27.6 Å². The number of aryl methyl sites for hydroxylation is 1. The molecule has 0 spiro atoms. The van der Waals surface area contributed by atoms with Crippen LogP contribution >= 0.6 is 11.6 Å². The molecule has 0 saturated carbocycles. The minimum Gasteiger partial charge on any atom is -0.468 e. The number of morpholine rings is 1. The number of fused-ring (bicyclic) bond motifs is 1. The molecular formula is C32H38ClN5O5S. The summed E-state index contributed by atoms with van der Waals surface area (Å²) in [5, 5.41) is 8.61. The summed E-state index contributed by atoms with van der Waals surface area (Å²) in [5.41, 5.74) is 6.08. The standard InChI is InChI=1S/C32H38ClN5O5S/c1-42-31(39)22-34-21-25-6-3-5-24(19-25)7-8-26-20-27(9-10-29(26)33)32-28-23-37(44(2,40)41)14-11-30(28)38(35-32)13-4-12-36-15-17-43-18-16-36/h3,5-6,9-10,19-20,34H,4,11-18,21-23H2,1-2H3. The molecule has 3 aromatic rings. The number of hydrogen-bond acceptors (Lipinski definition) is 8. The Morgan fingerprint density at radius 1 is 1.11 bits per heavy atom. The summed E-state index contributed by atoms with van der Waals surface area (Å²) in [4.78, 5) is 13.8. The Labute approximate surface area is 264 Å². The molecule has 2 aromatic carbocycles. The van der Waals surface area contributed by atoms with Crippen molar-refractivity contribution in [2.45, 2.75) is 32.5 Å². The fourth-order valence-corrected chi connectivity index (χ4v) is 6.43. The zero-order valence-electron chi connectivity index (χ0n) is 25.1. The Bertz CT molecular complexity index is 1660. The SMILES string of the molecule is COC(=O)CNCc1cccc(C#Cc2cc(-c3nn(CCCN4CCOCC4)c4c3CN(S(C)(=O)=O)CC4)ccc2Cl)c1. The predicted octanol–water partition coefficient (Wildman–Crippen LogP) is 2.91. The summed E-state index contributed by atoms with van der Waals surface area (Å²) < 4.78 is 38.6. The van der Waals surface area contributed by atoms with Crippen molar-refractivity contribution < 1.29 is 22.7 Å². The molecule has 0 bridgehead atoms. The molecule has 1 aromatic heterocycles. The third-order valence-corrected chi connectivity index (χ3v) is 9.43. The fourth-order valence-electron chi connectivity index (χ4n) is 5.48. The van der Waals surface area contributed by atoms with E-state index in [0.29, 0.717) is 30.1 Å². The van der Waals surface area contributed by atoms with Crippen molar-refractivity contribution in [1.82, 2.24) is 24.3 Å². The first-order chi connectivity index (χ1) is 21.2. The fraction of sp³-hybridized carbons (Fsp3) is 0.438. The first-order valence-electron chi connectivity index (χ1n) is 14.7. The lowest BCUT2D eigenvalue weighted by Gasteiger charge is -2.27. The molecule has 0 atom stereocenters. The molecule has 0 radical (unpaired) electrons. The van der Waals surface area contributed by atoms with E-state index in [9.17, 15) is 13.2 Å². The molecule has 3 heterocycles. The molecule has 0 amide bonds. The van der Waals surface area contributed by atoms with Crippen LogP contribution in [0.25, 0.3) is 11.3 Å². The largest absolute Gasteiger partial charge is 0.468 e. The van der Waals surface area contributed by atoms with Gasteiger partial charge in [-0.25, -0.2) is 8.42 Å². The molecule has 5 rings (SSSR count). The number of esters is 1. The molecule has 1 N–H and O–H groups in total. The second kappa shape index (κ2) is 14.7. The van der Waals surface area contributed by atoms with Gasteiger partial charge in [0.05, 0.1) is 43.8 Å². The Hall–Kier alpha value is -3.24. The van der Waals surface area contributed by atoms with Crippen LogP contribution in [0.3, 0.4) is 0 Å². The van der Waals surface area contributed by atoms with Crippen molar-refractivity contribution in [2.75, 3.05) is 59.3 Å². The van der Waals surface area contributed by atoms with E-state index in [0.717, 1.165) is 79.5 Å². The molecule has 1 fully saturated rings. The van der Waals surface area contributed by atoms with Gasteiger partial charge < -0.3 is 14.8 Å². The van der Waals surface area contributed by atoms with Gasteiger partial charge >= 0.3 is 5.97 Å². The third-order valence-electron chi connectivity index (χ3n) is 7.85. The highest BCUT2D eigenvalue weighted by Gasteiger charge is 2.30. The van der Waals surface area contributed by atoms with Gasteiger partial charge in [-0.1, -0.05) is 41.6 Å². The highest BCUT2D eigenvalue weighted by molar-refractivity contribution is 7.88. The molecule has 0 unspecified atom stereocenters. The average molecular weight is 640 g/mol. The molecule has 10 nitrogen and oxygen atoms in total. The third kappa shape index (κ3) is 8.27. The number of nitrogens with zero attached hydrogens (tertiary/aromatic N) is 4.